The van der Waals surface area contributed by atoms with Crippen LogP contribution in [0.1, 0.15) is 32.1 Å². The highest BCUT2D eigenvalue weighted by molar-refractivity contribution is 6.32. The highest BCUT2D eigenvalue weighted by Gasteiger charge is 2.12. The van der Waals surface area contributed by atoms with Gasteiger partial charge in [-0.3, -0.25) is 0 Å². The van der Waals surface area contributed by atoms with Gasteiger partial charge in [0.05, 0.1) is 18.5 Å². The Bertz CT molecular complexity index is 515. The molecule has 0 aliphatic heterocycles. The van der Waals surface area contributed by atoms with E-state index in [0.29, 0.717) is 16.8 Å². The summed E-state index contributed by atoms with van der Waals surface area (Å²) in [4.78, 5) is 8.48. The van der Waals surface area contributed by atoms with Crippen molar-refractivity contribution in [3.63, 3.8) is 0 Å². The first-order valence-corrected chi connectivity index (χ1v) is 6.65. The lowest BCUT2D eigenvalue weighted by atomic mass is 10.2. The van der Waals surface area contributed by atoms with Crippen LogP contribution in [0.4, 0.5) is 11.8 Å². The van der Waals surface area contributed by atoms with Gasteiger partial charge in [0.2, 0.25) is 5.95 Å². The maximum Gasteiger partial charge on any atom is 0.224 e. The molecule has 0 fully saturated rings. The molecular weight excluding hydrogens is 264 g/mol. The third-order valence-corrected chi connectivity index (χ3v) is 2.88. The first-order valence-electron chi connectivity index (χ1n) is 6.27. The number of nitrogens with zero attached hydrogens (tertiary/aromatic N) is 2. The van der Waals surface area contributed by atoms with Crippen LogP contribution in [0.5, 0.6) is 0 Å². The van der Waals surface area contributed by atoms with Gasteiger partial charge in [-0.15, -0.1) is 0 Å². The summed E-state index contributed by atoms with van der Waals surface area (Å²) in [6.45, 7) is 4.90. The van der Waals surface area contributed by atoms with Gasteiger partial charge in [-0.05, 0) is 25.5 Å². The van der Waals surface area contributed by atoms with Crippen LogP contribution in [0.2, 0.25) is 5.02 Å². The molecule has 0 aliphatic rings. The average Bonchev–Trinajstić information content (AvgIpc) is 2.93. The highest BCUT2D eigenvalue weighted by atomic mass is 35.5. The number of nitrogens with one attached hydrogen (secondary N) is 2. The molecule has 6 heteroatoms. The second-order valence-corrected chi connectivity index (χ2v) is 4.61. The number of anilines is 2. The zero-order chi connectivity index (χ0) is 13.7. The molecule has 5 nitrogen and oxygen atoms in total. The molecular formula is C13H17ClN4O. The summed E-state index contributed by atoms with van der Waals surface area (Å²) in [5.74, 6) is 2.00. The zero-order valence-corrected chi connectivity index (χ0v) is 11.7. The lowest BCUT2D eigenvalue weighted by Gasteiger charge is -2.14. The third-order valence-electron chi connectivity index (χ3n) is 2.60. The van der Waals surface area contributed by atoms with Crippen LogP contribution in [0.25, 0.3) is 0 Å². The Hall–Kier alpha value is -1.75. The van der Waals surface area contributed by atoms with Crippen molar-refractivity contribution in [3.8, 4) is 0 Å². The molecule has 2 heterocycles. The minimum Gasteiger partial charge on any atom is -0.467 e. The van der Waals surface area contributed by atoms with E-state index in [1.807, 2.05) is 19.1 Å². The molecule has 2 N–H and O–H groups in total. The number of halogens is 1. The number of hydrogen-bond acceptors (Lipinski definition) is 5. The van der Waals surface area contributed by atoms with Gasteiger partial charge in [0.1, 0.15) is 10.8 Å². The predicted molar refractivity (Wildman–Crippen MR) is 76.6 cm³/mol. The number of hydrogen-bond donors (Lipinski definition) is 2. The van der Waals surface area contributed by atoms with Crippen LogP contribution >= 0.6 is 11.6 Å². The van der Waals surface area contributed by atoms with Crippen molar-refractivity contribution in [2.45, 2.75) is 26.3 Å². The van der Waals surface area contributed by atoms with Gasteiger partial charge >= 0.3 is 0 Å². The molecule has 1 atom stereocenters. The van der Waals surface area contributed by atoms with Crippen LogP contribution in [0.15, 0.2) is 29.0 Å². The van der Waals surface area contributed by atoms with Crippen molar-refractivity contribution in [1.29, 1.82) is 0 Å². The standard InChI is InChI=1S/C13H17ClN4O/c1-3-6-15-13-16-8-10(14)12(18-13)17-9(2)11-5-4-7-19-11/h4-5,7-9H,3,6H2,1-2H3,(H2,15,16,17,18). The SMILES string of the molecule is CCCNc1ncc(Cl)c(NC(C)c2ccco2)n1. The lowest BCUT2D eigenvalue weighted by Crippen LogP contribution is -2.10. The number of furan rings is 1. The first kappa shape index (κ1) is 13.7. The molecule has 0 radical (unpaired) electrons. The summed E-state index contributed by atoms with van der Waals surface area (Å²) in [5, 5.41) is 6.82. The van der Waals surface area contributed by atoms with Crippen molar-refractivity contribution >= 4 is 23.4 Å². The van der Waals surface area contributed by atoms with E-state index in [-0.39, 0.29) is 6.04 Å². The summed E-state index contributed by atoms with van der Waals surface area (Å²) < 4.78 is 5.34. The Balaban J connectivity index is 2.10. The Morgan fingerprint density at radius 1 is 1.47 bits per heavy atom. The number of aromatic nitrogens is 2. The van der Waals surface area contributed by atoms with Crippen LogP contribution in [-0.4, -0.2) is 16.5 Å². The average molecular weight is 281 g/mol. The van der Waals surface area contributed by atoms with Gasteiger partial charge < -0.3 is 15.1 Å². The summed E-state index contributed by atoms with van der Waals surface area (Å²) in [5.41, 5.74) is 0. The predicted octanol–water partition coefficient (Wildman–Crippen LogP) is 3.72. The second-order valence-electron chi connectivity index (χ2n) is 4.20. The maximum atomic E-state index is 6.09. The minimum absolute atomic E-state index is 0.0126. The van der Waals surface area contributed by atoms with E-state index in [2.05, 4.69) is 27.5 Å². The molecule has 0 aromatic carbocycles. The first-order chi connectivity index (χ1) is 9.20. The summed E-state index contributed by atoms with van der Waals surface area (Å²) in [6, 6.07) is 3.74. The normalized spacial score (nSPS) is 12.2. The molecule has 1 unspecified atom stereocenters. The van der Waals surface area contributed by atoms with Gasteiger partial charge in [-0.25, -0.2) is 4.98 Å². The summed E-state index contributed by atoms with van der Waals surface area (Å²) in [7, 11) is 0. The van der Waals surface area contributed by atoms with Gasteiger partial charge in [0, 0.05) is 6.54 Å². The van der Waals surface area contributed by atoms with Crippen LogP contribution in [0, 0.1) is 0 Å². The molecule has 0 spiro atoms. The Kier molecular flexibility index (Phi) is 4.63. The van der Waals surface area contributed by atoms with E-state index in [1.165, 1.54) is 0 Å². The molecule has 2 aromatic rings. The largest absolute Gasteiger partial charge is 0.467 e. The molecule has 0 bridgehead atoms. The highest BCUT2D eigenvalue weighted by Crippen LogP contribution is 2.24. The molecule has 19 heavy (non-hydrogen) atoms. The Morgan fingerprint density at radius 3 is 3.00 bits per heavy atom. The van der Waals surface area contributed by atoms with Crippen molar-refractivity contribution in [3.05, 3.63) is 35.4 Å². The zero-order valence-electron chi connectivity index (χ0n) is 11.0. The van der Waals surface area contributed by atoms with Gasteiger partial charge in [-0.1, -0.05) is 18.5 Å². The van der Waals surface area contributed by atoms with E-state index >= 15 is 0 Å². The fraction of sp³-hybridized carbons (Fsp3) is 0.385. The van der Waals surface area contributed by atoms with Crippen molar-refractivity contribution in [2.75, 3.05) is 17.2 Å². The van der Waals surface area contributed by atoms with Gasteiger partial charge in [-0.2, -0.15) is 4.98 Å². The lowest BCUT2D eigenvalue weighted by molar-refractivity contribution is 0.490. The second kappa shape index (κ2) is 6.43. The monoisotopic (exact) mass is 280 g/mol. The molecule has 0 saturated heterocycles. The molecule has 0 amide bonds. The minimum atomic E-state index is -0.0126. The van der Waals surface area contributed by atoms with E-state index < -0.39 is 0 Å². The topological polar surface area (TPSA) is 63.0 Å². The van der Waals surface area contributed by atoms with Gasteiger partial charge in [0.15, 0.2) is 5.82 Å². The smallest absolute Gasteiger partial charge is 0.224 e. The third kappa shape index (κ3) is 3.61. The van der Waals surface area contributed by atoms with E-state index in [1.54, 1.807) is 12.5 Å². The van der Waals surface area contributed by atoms with E-state index in [0.717, 1.165) is 18.7 Å². The van der Waals surface area contributed by atoms with Crippen LogP contribution in [-0.2, 0) is 0 Å². The van der Waals surface area contributed by atoms with Gasteiger partial charge in [0.25, 0.3) is 0 Å². The van der Waals surface area contributed by atoms with Crippen LogP contribution in [0.3, 0.4) is 0 Å². The van der Waals surface area contributed by atoms with Crippen molar-refractivity contribution in [1.82, 2.24) is 9.97 Å². The number of rotatable bonds is 6. The molecule has 2 rings (SSSR count). The summed E-state index contributed by atoms with van der Waals surface area (Å²) in [6.07, 6.45) is 4.24. The van der Waals surface area contributed by atoms with E-state index in [4.69, 9.17) is 16.0 Å². The molecule has 102 valence electrons. The quantitative estimate of drug-likeness (QED) is 0.844. The maximum absolute atomic E-state index is 6.09. The Labute approximate surface area is 117 Å². The summed E-state index contributed by atoms with van der Waals surface area (Å²) >= 11 is 6.09. The fourth-order valence-electron chi connectivity index (χ4n) is 1.60. The van der Waals surface area contributed by atoms with Crippen molar-refractivity contribution in [2.24, 2.45) is 0 Å². The molecule has 0 saturated carbocycles. The fourth-order valence-corrected chi connectivity index (χ4v) is 1.75. The van der Waals surface area contributed by atoms with Crippen LogP contribution < -0.4 is 10.6 Å². The molecule has 0 aliphatic carbocycles. The van der Waals surface area contributed by atoms with E-state index in [9.17, 15) is 0 Å². The Morgan fingerprint density at radius 2 is 2.32 bits per heavy atom. The molecule has 2 aromatic heterocycles. The van der Waals surface area contributed by atoms with Crippen molar-refractivity contribution < 1.29 is 4.42 Å².